The standard InChI is InChI=1S/C12H20N2S.2ClH/c1-11-3-5-12(6-4-11)15-10-9-14-8-2-7-13;;/h3-6,14H,2,7-10,13H2,1H3;2*1H. The third-order valence-corrected chi connectivity index (χ3v) is 3.14. The summed E-state index contributed by atoms with van der Waals surface area (Å²) in [4.78, 5) is 1.35. The lowest BCUT2D eigenvalue weighted by molar-refractivity contribution is 0.683. The quantitative estimate of drug-likeness (QED) is 0.600. The normalized spacial score (nSPS) is 9.29. The lowest BCUT2D eigenvalue weighted by Gasteiger charge is -2.04. The van der Waals surface area contributed by atoms with E-state index < -0.39 is 0 Å². The van der Waals surface area contributed by atoms with Gasteiger partial charge in [-0.1, -0.05) is 17.7 Å². The highest BCUT2D eigenvalue weighted by Crippen LogP contribution is 2.17. The molecule has 0 saturated carbocycles. The Morgan fingerprint density at radius 2 is 1.76 bits per heavy atom. The Morgan fingerprint density at radius 1 is 1.12 bits per heavy atom. The summed E-state index contributed by atoms with van der Waals surface area (Å²) in [6.45, 7) is 4.98. The van der Waals surface area contributed by atoms with E-state index in [1.807, 2.05) is 11.8 Å². The molecule has 17 heavy (non-hydrogen) atoms. The van der Waals surface area contributed by atoms with Gasteiger partial charge in [-0.05, 0) is 38.6 Å². The van der Waals surface area contributed by atoms with E-state index in [-0.39, 0.29) is 24.8 Å². The van der Waals surface area contributed by atoms with Crippen molar-refractivity contribution in [2.75, 3.05) is 25.4 Å². The molecule has 5 heteroatoms. The van der Waals surface area contributed by atoms with Gasteiger partial charge in [0.25, 0.3) is 0 Å². The fourth-order valence-electron chi connectivity index (χ4n) is 1.23. The number of rotatable bonds is 7. The first-order chi connectivity index (χ1) is 7.33. The zero-order valence-electron chi connectivity index (χ0n) is 10.1. The van der Waals surface area contributed by atoms with Crippen LogP contribution in [0, 0.1) is 6.92 Å². The molecule has 0 amide bonds. The molecule has 0 atom stereocenters. The molecular weight excluding hydrogens is 275 g/mol. The fraction of sp³-hybridized carbons (Fsp3) is 0.500. The summed E-state index contributed by atoms with van der Waals surface area (Å²) in [6.07, 6.45) is 1.06. The second-order valence-corrected chi connectivity index (χ2v) is 4.72. The predicted octanol–water partition coefficient (Wildman–Crippen LogP) is 2.87. The van der Waals surface area contributed by atoms with Gasteiger partial charge in [-0.2, -0.15) is 0 Å². The van der Waals surface area contributed by atoms with Crippen molar-refractivity contribution in [3.63, 3.8) is 0 Å². The van der Waals surface area contributed by atoms with Crippen molar-refractivity contribution in [3.05, 3.63) is 29.8 Å². The smallest absolute Gasteiger partial charge is 0.0106 e. The van der Waals surface area contributed by atoms with Crippen molar-refractivity contribution in [1.29, 1.82) is 0 Å². The van der Waals surface area contributed by atoms with E-state index in [0.29, 0.717) is 0 Å². The number of nitrogens with one attached hydrogen (secondary N) is 1. The Hall–Kier alpha value is 0.0700. The molecule has 0 unspecified atom stereocenters. The highest BCUT2D eigenvalue weighted by molar-refractivity contribution is 7.99. The van der Waals surface area contributed by atoms with E-state index in [1.165, 1.54) is 10.5 Å². The Bertz CT molecular complexity index is 268. The molecule has 0 saturated heterocycles. The van der Waals surface area contributed by atoms with E-state index in [1.54, 1.807) is 0 Å². The summed E-state index contributed by atoms with van der Waals surface area (Å²) >= 11 is 1.89. The van der Waals surface area contributed by atoms with Gasteiger partial charge in [0.05, 0.1) is 0 Å². The topological polar surface area (TPSA) is 38.0 Å². The van der Waals surface area contributed by atoms with Gasteiger partial charge in [0.1, 0.15) is 0 Å². The van der Waals surface area contributed by atoms with Crippen molar-refractivity contribution in [1.82, 2.24) is 5.32 Å². The van der Waals surface area contributed by atoms with Crippen LogP contribution in [0.5, 0.6) is 0 Å². The number of thioether (sulfide) groups is 1. The van der Waals surface area contributed by atoms with Crippen LogP contribution in [0.3, 0.4) is 0 Å². The van der Waals surface area contributed by atoms with Crippen LogP contribution in [-0.4, -0.2) is 25.4 Å². The number of aryl methyl sites for hydroxylation is 1. The minimum absolute atomic E-state index is 0. The van der Waals surface area contributed by atoms with E-state index in [2.05, 4.69) is 36.5 Å². The van der Waals surface area contributed by atoms with Crippen LogP contribution >= 0.6 is 36.6 Å². The number of hydrogen-bond acceptors (Lipinski definition) is 3. The van der Waals surface area contributed by atoms with E-state index >= 15 is 0 Å². The highest BCUT2D eigenvalue weighted by Gasteiger charge is 1.93. The van der Waals surface area contributed by atoms with Crippen molar-refractivity contribution in [3.8, 4) is 0 Å². The fourth-order valence-corrected chi connectivity index (χ4v) is 2.04. The van der Waals surface area contributed by atoms with E-state index in [0.717, 1.165) is 31.8 Å². The molecule has 0 heterocycles. The maximum absolute atomic E-state index is 5.40. The van der Waals surface area contributed by atoms with Gasteiger partial charge < -0.3 is 11.1 Å². The molecule has 1 rings (SSSR count). The van der Waals surface area contributed by atoms with Gasteiger partial charge in [-0.25, -0.2) is 0 Å². The summed E-state index contributed by atoms with van der Waals surface area (Å²) < 4.78 is 0. The molecule has 0 spiro atoms. The average Bonchev–Trinajstić information content (AvgIpc) is 2.26. The van der Waals surface area contributed by atoms with Crippen molar-refractivity contribution >= 4 is 36.6 Å². The zero-order chi connectivity index (χ0) is 10.9. The molecule has 100 valence electrons. The molecule has 1 aromatic carbocycles. The van der Waals surface area contributed by atoms with E-state index in [9.17, 15) is 0 Å². The molecule has 3 N–H and O–H groups in total. The molecule has 2 nitrogen and oxygen atoms in total. The number of nitrogens with two attached hydrogens (primary N) is 1. The summed E-state index contributed by atoms with van der Waals surface area (Å²) in [6, 6.07) is 8.67. The first kappa shape index (κ1) is 19.4. The van der Waals surface area contributed by atoms with Crippen molar-refractivity contribution in [2.45, 2.75) is 18.2 Å². The SMILES string of the molecule is Cc1ccc(SCCNCCCN)cc1.Cl.Cl. The molecule has 0 aliphatic carbocycles. The van der Waals surface area contributed by atoms with Crippen LogP contribution < -0.4 is 11.1 Å². The summed E-state index contributed by atoms with van der Waals surface area (Å²) in [5.74, 6) is 1.12. The maximum Gasteiger partial charge on any atom is 0.0106 e. The number of benzene rings is 1. The van der Waals surface area contributed by atoms with Gasteiger partial charge >= 0.3 is 0 Å². The van der Waals surface area contributed by atoms with Crippen LogP contribution in [0.4, 0.5) is 0 Å². The maximum atomic E-state index is 5.40. The minimum atomic E-state index is 0. The lowest BCUT2D eigenvalue weighted by Crippen LogP contribution is -2.20. The largest absolute Gasteiger partial charge is 0.330 e. The van der Waals surface area contributed by atoms with Crippen LogP contribution in [0.25, 0.3) is 0 Å². The van der Waals surface area contributed by atoms with Crippen LogP contribution in [-0.2, 0) is 0 Å². The van der Waals surface area contributed by atoms with Gasteiger partial charge in [0, 0.05) is 17.2 Å². The molecule has 0 radical (unpaired) electrons. The summed E-state index contributed by atoms with van der Waals surface area (Å²) in [7, 11) is 0. The van der Waals surface area contributed by atoms with Crippen molar-refractivity contribution in [2.24, 2.45) is 5.73 Å². The first-order valence-electron chi connectivity index (χ1n) is 5.43. The average molecular weight is 297 g/mol. The van der Waals surface area contributed by atoms with Crippen molar-refractivity contribution < 1.29 is 0 Å². The Morgan fingerprint density at radius 3 is 2.35 bits per heavy atom. The zero-order valence-corrected chi connectivity index (χ0v) is 12.6. The van der Waals surface area contributed by atoms with Gasteiger partial charge in [0.15, 0.2) is 0 Å². The Kier molecular flexibility index (Phi) is 14.3. The molecule has 0 aliphatic heterocycles. The third kappa shape index (κ3) is 9.74. The van der Waals surface area contributed by atoms with E-state index in [4.69, 9.17) is 5.73 Å². The minimum Gasteiger partial charge on any atom is -0.330 e. The molecule has 1 aromatic rings. The van der Waals surface area contributed by atoms with Gasteiger partial charge in [-0.3, -0.25) is 0 Å². The van der Waals surface area contributed by atoms with Crippen LogP contribution in [0.2, 0.25) is 0 Å². The number of halogens is 2. The Labute approximate surface area is 121 Å². The summed E-state index contributed by atoms with van der Waals surface area (Å²) in [5, 5.41) is 3.37. The third-order valence-electron chi connectivity index (χ3n) is 2.13. The lowest BCUT2D eigenvalue weighted by atomic mass is 10.2. The molecular formula is C12H22Cl2N2S. The second-order valence-electron chi connectivity index (χ2n) is 3.55. The second kappa shape index (κ2) is 12.5. The highest BCUT2D eigenvalue weighted by atomic mass is 35.5. The Balaban J connectivity index is 0. The number of hydrogen-bond donors (Lipinski definition) is 2. The predicted molar refractivity (Wildman–Crippen MR) is 82.9 cm³/mol. The van der Waals surface area contributed by atoms with Gasteiger partial charge in [0.2, 0.25) is 0 Å². The molecule has 0 aromatic heterocycles. The molecule has 0 aliphatic rings. The molecule has 0 fully saturated rings. The van der Waals surface area contributed by atoms with Crippen LogP contribution in [0.15, 0.2) is 29.2 Å². The van der Waals surface area contributed by atoms with Crippen LogP contribution in [0.1, 0.15) is 12.0 Å². The monoisotopic (exact) mass is 296 g/mol. The first-order valence-corrected chi connectivity index (χ1v) is 6.42. The summed E-state index contributed by atoms with van der Waals surface area (Å²) in [5.41, 5.74) is 6.72. The van der Waals surface area contributed by atoms with Gasteiger partial charge in [-0.15, -0.1) is 36.6 Å². The molecule has 0 bridgehead atoms.